The first-order valence-electron chi connectivity index (χ1n) is 11.4. The molecule has 0 amide bonds. The molecule has 0 radical (unpaired) electrons. The van der Waals surface area contributed by atoms with E-state index in [1.807, 2.05) is 0 Å². The number of unbranched alkanes of at least 4 members (excludes halogenated alkanes) is 3. The molecule has 3 heterocycles. The molecule has 0 spiro atoms. The molecule has 5 nitrogen and oxygen atoms in total. The van der Waals surface area contributed by atoms with Crippen molar-refractivity contribution in [2.24, 2.45) is 22.1 Å². The lowest BCUT2D eigenvalue weighted by atomic mass is 9.61. The van der Waals surface area contributed by atoms with Crippen molar-refractivity contribution in [1.82, 2.24) is 10.2 Å². The Hall–Kier alpha value is -0.490. The van der Waals surface area contributed by atoms with E-state index in [9.17, 15) is 0 Å². The van der Waals surface area contributed by atoms with Gasteiger partial charge in [0.25, 0.3) is 0 Å². The average molecular weight is 379 g/mol. The van der Waals surface area contributed by atoms with Crippen molar-refractivity contribution >= 4 is 5.71 Å². The standard InChI is InChI=1S/C22H42N4O/c1-4-5-6-7-11-22(19-9-13-24-15-20(19)23)12-8-21(25-17(22)2)27-18-10-14-26(3)16-18/h18-21,24H,4-16,23H2,1-3H3/t18-,19?,20?,21?,22?/m0/s1. The van der Waals surface area contributed by atoms with E-state index < -0.39 is 0 Å². The van der Waals surface area contributed by atoms with Crippen LogP contribution in [0, 0.1) is 11.3 Å². The number of aliphatic imine (C=N–C) groups is 1. The first-order chi connectivity index (χ1) is 13.0. The fourth-order valence-corrected chi connectivity index (χ4v) is 5.68. The summed E-state index contributed by atoms with van der Waals surface area (Å²) in [4.78, 5) is 7.49. The molecule has 0 saturated carbocycles. The number of likely N-dealkylation sites (N-methyl/N-ethyl adjacent to an activating group) is 1. The van der Waals surface area contributed by atoms with Crippen LogP contribution >= 0.6 is 0 Å². The van der Waals surface area contributed by atoms with Crippen LogP contribution in [0.3, 0.4) is 0 Å². The number of rotatable bonds is 8. The van der Waals surface area contributed by atoms with Crippen molar-refractivity contribution in [2.75, 3.05) is 33.2 Å². The Balaban J connectivity index is 1.70. The normalized spacial score (nSPS) is 38.1. The Morgan fingerprint density at radius 3 is 2.78 bits per heavy atom. The van der Waals surface area contributed by atoms with Gasteiger partial charge in [0.1, 0.15) is 6.23 Å². The van der Waals surface area contributed by atoms with Crippen LogP contribution < -0.4 is 11.1 Å². The van der Waals surface area contributed by atoms with E-state index in [4.69, 9.17) is 15.5 Å². The zero-order chi connectivity index (χ0) is 19.3. The van der Waals surface area contributed by atoms with Gasteiger partial charge >= 0.3 is 0 Å². The molecule has 27 heavy (non-hydrogen) atoms. The van der Waals surface area contributed by atoms with Crippen LogP contribution in [0.2, 0.25) is 0 Å². The molecule has 0 bridgehead atoms. The summed E-state index contributed by atoms with van der Waals surface area (Å²) in [5.41, 5.74) is 8.13. The van der Waals surface area contributed by atoms with Crippen LogP contribution in [0.25, 0.3) is 0 Å². The number of nitrogens with zero attached hydrogens (tertiary/aromatic N) is 2. The maximum atomic E-state index is 6.62. The van der Waals surface area contributed by atoms with E-state index in [1.54, 1.807) is 0 Å². The van der Waals surface area contributed by atoms with Crippen molar-refractivity contribution in [2.45, 2.75) is 90.0 Å². The highest BCUT2D eigenvalue weighted by molar-refractivity contribution is 5.89. The second-order valence-corrected chi connectivity index (χ2v) is 9.25. The van der Waals surface area contributed by atoms with E-state index >= 15 is 0 Å². The molecule has 3 rings (SSSR count). The van der Waals surface area contributed by atoms with Gasteiger partial charge in [-0.3, -0.25) is 4.99 Å². The van der Waals surface area contributed by atoms with Gasteiger partial charge in [-0.25, -0.2) is 0 Å². The van der Waals surface area contributed by atoms with Crippen LogP contribution in [0.1, 0.15) is 71.6 Å². The van der Waals surface area contributed by atoms with Crippen LogP contribution in [0.15, 0.2) is 4.99 Å². The summed E-state index contributed by atoms with van der Waals surface area (Å²) in [5.74, 6) is 0.558. The van der Waals surface area contributed by atoms with Gasteiger partial charge < -0.3 is 20.7 Å². The highest BCUT2D eigenvalue weighted by atomic mass is 16.5. The van der Waals surface area contributed by atoms with Gasteiger partial charge in [-0.15, -0.1) is 0 Å². The summed E-state index contributed by atoms with van der Waals surface area (Å²) in [6.45, 7) is 8.79. The van der Waals surface area contributed by atoms with Crippen LogP contribution in [0.5, 0.6) is 0 Å². The molecule has 2 fully saturated rings. The Morgan fingerprint density at radius 2 is 2.11 bits per heavy atom. The third kappa shape index (κ3) is 5.11. The highest BCUT2D eigenvalue weighted by Gasteiger charge is 2.46. The summed E-state index contributed by atoms with van der Waals surface area (Å²) in [6, 6.07) is 0.246. The lowest BCUT2D eigenvalue weighted by Gasteiger charge is -2.49. The summed E-state index contributed by atoms with van der Waals surface area (Å²) in [5, 5.41) is 3.48. The number of hydrogen-bond donors (Lipinski definition) is 2. The molecule has 3 N–H and O–H groups in total. The third-order valence-electron chi connectivity index (χ3n) is 7.31. The number of ether oxygens (including phenoxy) is 1. The van der Waals surface area contributed by atoms with Crippen molar-refractivity contribution in [3.8, 4) is 0 Å². The summed E-state index contributed by atoms with van der Waals surface area (Å²) >= 11 is 0. The summed E-state index contributed by atoms with van der Waals surface area (Å²) in [6.07, 6.45) is 11.5. The van der Waals surface area contributed by atoms with Gasteiger partial charge in [-0.1, -0.05) is 32.6 Å². The number of likely N-dealkylation sites (tertiary alicyclic amines) is 1. The first-order valence-corrected chi connectivity index (χ1v) is 11.4. The predicted molar refractivity (Wildman–Crippen MR) is 113 cm³/mol. The highest BCUT2D eigenvalue weighted by Crippen LogP contribution is 2.47. The van der Waals surface area contributed by atoms with Gasteiger partial charge in [-0.2, -0.15) is 0 Å². The Morgan fingerprint density at radius 1 is 1.26 bits per heavy atom. The Kier molecular flexibility index (Phi) is 7.72. The van der Waals surface area contributed by atoms with Crippen molar-refractivity contribution in [3.05, 3.63) is 0 Å². The molecular formula is C22H42N4O. The smallest absolute Gasteiger partial charge is 0.148 e. The molecule has 0 aromatic rings. The van der Waals surface area contributed by atoms with E-state index in [2.05, 4.69) is 31.1 Å². The second kappa shape index (κ2) is 9.82. The maximum absolute atomic E-state index is 6.62. The average Bonchev–Trinajstić information content (AvgIpc) is 3.06. The monoisotopic (exact) mass is 378 g/mol. The zero-order valence-corrected chi connectivity index (χ0v) is 17.9. The number of nitrogens with one attached hydrogen (secondary N) is 1. The number of hydrogen-bond acceptors (Lipinski definition) is 5. The number of piperidine rings is 1. The second-order valence-electron chi connectivity index (χ2n) is 9.25. The van der Waals surface area contributed by atoms with Gasteiger partial charge in [0.05, 0.1) is 6.10 Å². The Labute approximate surface area is 166 Å². The molecule has 0 aromatic carbocycles. The molecule has 4 unspecified atom stereocenters. The lowest BCUT2D eigenvalue weighted by Crippen LogP contribution is -2.56. The fraction of sp³-hybridized carbons (Fsp3) is 0.955. The van der Waals surface area contributed by atoms with E-state index in [0.717, 1.165) is 39.0 Å². The predicted octanol–water partition coefficient (Wildman–Crippen LogP) is 3.18. The molecule has 0 aromatic heterocycles. The van der Waals surface area contributed by atoms with E-state index in [0.29, 0.717) is 12.0 Å². The third-order valence-corrected chi connectivity index (χ3v) is 7.31. The van der Waals surface area contributed by atoms with Crippen LogP contribution in [0.4, 0.5) is 0 Å². The van der Waals surface area contributed by atoms with Gasteiger partial charge in [-0.05, 0) is 58.5 Å². The minimum absolute atomic E-state index is 0.0585. The lowest BCUT2D eigenvalue weighted by molar-refractivity contribution is -0.0207. The quantitative estimate of drug-likeness (QED) is 0.637. The summed E-state index contributed by atoms with van der Waals surface area (Å²) < 4.78 is 6.37. The van der Waals surface area contributed by atoms with Crippen molar-refractivity contribution in [3.63, 3.8) is 0 Å². The molecule has 3 aliphatic rings. The van der Waals surface area contributed by atoms with Gasteiger partial charge in [0.2, 0.25) is 0 Å². The van der Waals surface area contributed by atoms with E-state index in [1.165, 1.54) is 50.7 Å². The molecular weight excluding hydrogens is 336 g/mol. The number of nitrogens with two attached hydrogens (primary N) is 1. The molecule has 5 atom stereocenters. The largest absolute Gasteiger partial charge is 0.352 e. The molecule has 0 aliphatic carbocycles. The SMILES string of the molecule is CCCCCCC1(C2CCNCC2N)CCC(O[C@H]2CCN(C)C2)N=C1C. The molecule has 156 valence electrons. The zero-order valence-electron chi connectivity index (χ0n) is 17.9. The minimum Gasteiger partial charge on any atom is -0.352 e. The van der Waals surface area contributed by atoms with E-state index in [-0.39, 0.29) is 17.7 Å². The van der Waals surface area contributed by atoms with Crippen molar-refractivity contribution in [1.29, 1.82) is 0 Å². The topological polar surface area (TPSA) is 62.9 Å². The van der Waals surface area contributed by atoms with Crippen LogP contribution in [-0.2, 0) is 4.74 Å². The molecule has 2 saturated heterocycles. The van der Waals surface area contributed by atoms with Gasteiger partial charge in [0, 0.05) is 36.8 Å². The maximum Gasteiger partial charge on any atom is 0.148 e. The minimum atomic E-state index is 0.0585. The summed E-state index contributed by atoms with van der Waals surface area (Å²) in [7, 11) is 2.18. The fourth-order valence-electron chi connectivity index (χ4n) is 5.68. The Bertz CT molecular complexity index is 497. The first kappa shape index (κ1) is 21.2. The van der Waals surface area contributed by atoms with Gasteiger partial charge in [0.15, 0.2) is 0 Å². The van der Waals surface area contributed by atoms with Crippen LogP contribution in [-0.4, -0.2) is 62.2 Å². The van der Waals surface area contributed by atoms with Crippen molar-refractivity contribution < 1.29 is 4.74 Å². The molecule has 5 heteroatoms. The molecule has 3 aliphatic heterocycles.